The van der Waals surface area contributed by atoms with Gasteiger partial charge in [-0.1, -0.05) is 18.0 Å². The molecule has 0 aromatic heterocycles. The first-order valence-electron chi connectivity index (χ1n) is 7.14. The molecule has 5 nitrogen and oxygen atoms in total. The SMILES string of the molecule is COC(=O)c1cc(N)cc(Cl)c1OCCN1CCCCC1. The highest BCUT2D eigenvalue weighted by molar-refractivity contribution is 6.33. The normalized spacial score (nSPS) is 15.7. The van der Waals surface area contributed by atoms with E-state index in [1.165, 1.54) is 32.4 Å². The second kappa shape index (κ2) is 7.52. The van der Waals surface area contributed by atoms with Crippen molar-refractivity contribution < 1.29 is 14.3 Å². The molecule has 6 heteroatoms. The molecule has 0 saturated carbocycles. The van der Waals surface area contributed by atoms with Crippen molar-refractivity contribution in [1.29, 1.82) is 0 Å². The third-order valence-electron chi connectivity index (χ3n) is 3.57. The van der Waals surface area contributed by atoms with Crippen molar-refractivity contribution in [3.05, 3.63) is 22.7 Å². The number of piperidine rings is 1. The zero-order chi connectivity index (χ0) is 15.2. The van der Waals surface area contributed by atoms with Crippen molar-refractivity contribution in [3.63, 3.8) is 0 Å². The van der Waals surface area contributed by atoms with Gasteiger partial charge >= 0.3 is 5.97 Å². The van der Waals surface area contributed by atoms with Gasteiger partial charge in [0.05, 0.1) is 12.1 Å². The Hall–Kier alpha value is -1.46. The first kappa shape index (κ1) is 15.9. The van der Waals surface area contributed by atoms with E-state index in [0.717, 1.165) is 19.6 Å². The molecule has 1 saturated heterocycles. The third kappa shape index (κ3) is 4.25. The van der Waals surface area contributed by atoms with Gasteiger partial charge in [-0.05, 0) is 38.1 Å². The maximum absolute atomic E-state index is 11.8. The molecule has 0 radical (unpaired) electrons. The molecule has 0 unspecified atom stereocenters. The van der Waals surface area contributed by atoms with Gasteiger partial charge in [0.2, 0.25) is 0 Å². The van der Waals surface area contributed by atoms with Gasteiger partial charge in [0.1, 0.15) is 12.2 Å². The van der Waals surface area contributed by atoms with E-state index in [2.05, 4.69) is 4.90 Å². The van der Waals surface area contributed by atoms with Gasteiger partial charge in [0, 0.05) is 12.2 Å². The number of nitrogen functional groups attached to an aromatic ring is 1. The number of carbonyl (C=O) groups excluding carboxylic acids is 1. The molecule has 2 N–H and O–H groups in total. The van der Waals surface area contributed by atoms with Crippen molar-refractivity contribution in [3.8, 4) is 5.75 Å². The zero-order valence-corrected chi connectivity index (χ0v) is 13.0. The number of methoxy groups -OCH3 is 1. The first-order valence-corrected chi connectivity index (χ1v) is 7.52. The molecular formula is C15H21ClN2O3. The monoisotopic (exact) mass is 312 g/mol. The Morgan fingerprint density at radius 1 is 1.33 bits per heavy atom. The number of hydrogen-bond acceptors (Lipinski definition) is 5. The Bertz CT molecular complexity index is 502. The van der Waals surface area contributed by atoms with E-state index < -0.39 is 5.97 Å². The topological polar surface area (TPSA) is 64.8 Å². The Kier molecular flexibility index (Phi) is 5.70. The second-order valence-electron chi connectivity index (χ2n) is 5.12. The summed E-state index contributed by atoms with van der Waals surface area (Å²) in [6.45, 7) is 3.50. The third-order valence-corrected chi connectivity index (χ3v) is 3.85. The van der Waals surface area contributed by atoms with Gasteiger partial charge in [0.25, 0.3) is 0 Å². The minimum atomic E-state index is -0.503. The predicted octanol–water partition coefficient (Wildman–Crippen LogP) is 2.57. The van der Waals surface area contributed by atoms with Crippen LogP contribution in [0.25, 0.3) is 0 Å². The molecule has 0 spiro atoms. The Morgan fingerprint density at radius 2 is 2.05 bits per heavy atom. The Morgan fingerprint density at radius 3 is 2.71 bits per heavy atom. The van der Waals surface area contributed by atoms with Crippen LogP contribution in [0.2, 0.25) is 5.02 Å². The van der Waals surface area contributed by atoms with Crippen LogP contribution in [-0.2, 0) is 4.74 Å². The van der Waals surface area contributed by atoms with Gasteiger partial charge in [-0.15, -0.1) is 0 Å². The number of nitrogens with two attached hydrogens (primary N) is 1. The summed E-state index contributed by atoms with van der Waals surface area (Å²) in [5.41, 5.74) is 6.38. The fraction of sp³-hybridized carbons (Fsp3) is 0.533. The van der Waals surface area contributed by atoms with Crippen molar-refractivity contribution in [2.24, 2.45) is 0 Å². The van der Waals surface area contributed by atoms with Crippen LogP contribution in [0.15, 0.2) is 12.1 Å². The highest BCUT2D eigenvalue weighted by Gasteiger charge is 2.18. The van der Waals surface area contributed by atoms with E-state index in [1.807, 2.05) is 0 Å². The molecular weight excluding hydrogens is 292 g/mol. The summed E-state index contributed by atoms with van der Waals surface area (Å²) in [6.07, 6.45) is 3.76. The molecule has 1 fully saturated rings. The Labute approximate surface area is 130 Å². The van der Waals surface area contributed by atoms with Crippen LogP contribution >= 0.6 is 11.6 Å². The maximum atomic E-state index is 11.8. The lowest BCUT2D eigenvalue weighted by molar-refractivity contribution is 0.0595. The molecule has 0 amide bonds. The summed E-state index contributed by atoms with van der Waals surface area (Å²) < 4.78 is 10.5. The van der Waals surface area contributed by atoms with Gasteiger partial charge in [0.15, 0.2) is 5.75 Å². The standard InChI is InChI=1S/C15H21ClN2O3/c1-20-15(19)12-9-11(17)10-13(16)14(12)21-8-7-18-5-3-2-4-6-18/h9-10H,2-8,17H2,1H3. The number of anilines is 1. The first-order chi connectivity index (χ1) is 10.1. The van der Waals surface area contributed by atoms with E-state index in [4.69, 9.17) is 26.8 Å². The van der Waals surface area contributed by atoms with Gasteiger partial charge < -0.3 is 15.2 Å². The smallest absolute Gasteiger partial charge is 0.341 e. The van der Waals surface area contributed by atoms with Crippen LogP contribution in [0.5, 0.6) is 5.75 Å². The minimum Gasteiger partial charge on any atom is -0.490 e. The highest BCUT2D eigenvalue weighted by atomic mass is 35.5. The van der Waals surface area contributed by atoms with Gasteiger partial charge in [-0.3, -0.25) is 4.90 Å². The van der Waals surface area contributed by atoms with Crippen molar-refractivity contribution in [1.82, 2.24) is 4.90 Å². The number of benzene rings is 1. The number of likely N-dealkylation sites (tertiary alicyclic amines) is 1. The molecule has 116 valence electrons. The summed E-state index contributed by atoms with van der Waals surface area (Å²) in [4.78, 5) is 14.1. The largest absolute Gasteiger partial charge is 0.490 e. The van der Waals surface area contributed by atoms with Gasteiger partial charge in [-0.25, -0.2) is 4.79 Å². The zero-order valence-electron chi connectivity index (χ0n) is 12.2. The number of ether oxygens (including phenoxy) is 2. The molecule has 1 aromatic rings. The quantitative estimate of drug-likeness (QED) is 0.668. The average molecular weight is 313 g/mol. The number of carbonyl (C=O) groups is 1. The fourth-order valence-electron chi connectivity index (χ4n) is 2.48. The van der Waals surface area contributed by atoms with E-state index in [1.54, 1.807) is 6.07 Å². The van der Waals surface area contributed by atoms with Crippen LogP contribution in [0, 0.1) is 0 Å². The lowest BCUT2D eigenvalue weighted by Crippen LogP contribution is -2.33. The molecule has 2 rings (SSSR count). The summed E-state index contributed by atoms with van der Waals surface area (Å²) >= 11 is 6.13. The van der Waals surface area contributed by atoms with Crippen LogP contribution < -0.4 is 10.5 Å². The molecule has 21 heavy (non-hydrogen) atoms. The minimum absolute atomic E-state index is 0.265. The molecule has 1 aromatic carbocycles. The molecule has 0 bridgehead atoms. The molecule has 0 aliphatic carbocycles. The number of hydrogen-bond donors (Lipinski definition) is 1. The van der Waals surface area contributed by atoms with E-state index >= 15 is 0 Å². The van der Waals surface area contributed by atoms with E-state index in [0.29, 0.717) is 23.1 Å². The maximum Gasteiger partial charge on any atom is 0.341 e. The van der Waals surface area contributed by atoms with Crippen LogP contribution in [-0.4, -0.2) is 44.2 Å². The van der Waals surface area contributed by atoms with Crippen LogP contribution in [0.1, 0.15) is 29.6 Å². The van der Waals surface area contributed by atoms with Crippen molar-refractivity contribution >= 4 is 23.3 Å². The number of halogens is 1. The van der Waals surface area contributed by atoms with Crippen LogP contribution in [0.4, 0.5) is 5.69 Å². The van der Waals surface area contributed by atoms with Crippen molar-refractivity contribution in [2.75, 3.05) is 39.1 Å². The van der Waals surface area contributed by atoms with E-state index in [9.17, 15) is 4.79 Å². The highest BCUT2D eigenvalue weighted by Crippen LogP contribution is 2.32. The summed E-state index contributed by atoms with van der Waals surface area (Å²) in [6, 6.07) is 3.10. The van der Waals surface area contributed by atoms with Crippen molar-refractivity contribution in [2.45, 2.75) is 19.3 Å². The lowest BCUT2D eigenvalue weighted by Gasteiger charge is -2.26. The average Bonchev–Trinajstić information content (AvgIpc) is 2.49. The molecule has 1 heterocycles. The van der Waals surface area contributed by atoms with Crippen LogP contribution in [0.3, 0.4) is 0 Å². The predicted molar refractivity (Wildman–Crippen MR) is 83.0 cm³/mol. The lowest BCUT2D eigenvalue weighted by atomic mass is 10.1. The number of rotatable bonds is 5. The number of esters is 1. The molecule has 0 atom stereocenters. The molecule has 1 aliphatic heterocycles. The fourth-order valence-corrected chi connectivity index (χ4v) is 2.76. The van der Waals surface area contributed by atoms with Gasteiger partial charge in [-0.2, -0.15) is 0 Å². The molecule has 1 aliphatic rings. The number of nitrogens with zero attached hydrogens (tertiary/aromatic N) is 1. The summed E-state index contributed by atoms with van der Waals surface area (Å²) in [5, 5.41) is 0.328. The summed E-state index contributed by atoms with van der Waals surface area (Å²) in [7, 11) is 1.32. The summed E-state index contributed by atoms with van der Waals surface area (Å²) in [5.74, 6) is -0.160. The Balaban J connectivity index is 2.02. The van der Waals surface area contributed by atoms with E-state index in [-0.39, 0.29) is 5.56 Å². The second-order valence-corrected chi connectivity index (χ2v) is 5.53.